The van der Waals surface area contributed by atoms with Crippen LogP contribution in [0.5, 0.6) is 0 Å². The van der Waals surface area contributed by atoms with E-state index in [-0.39, 0.29) is 5.75 Å². The summed E-state index contributed by atoms with van der Waals surface area (Å²) >= 11 is 5.84. The number of carboxylic acids is 1. The molecule has 1 fully saturated rings. The summed E-state index contributed by atoms with van der Waals surface area (Å²) in [4.78, 5) is 11.1. The topological polar surface area (TPSA) is 71.4 Å². The third kappa shape index (κ3) is 2.24. The molecular formula is C12H13ClO4S. The Labute approximate surface area is 110 Å². The zero-order valence-electron chi connectivity index (χ0n) is 9.71. The van der Waals surface area contributed by atoms with Crippen LogP contribution in [0.4, 0.5) is 0 Å². The second-order valence-electron chi connectivity index (χ2n) is 4.36. The van der Waals surface area contributed by atoms with Gasteiger partial charge in [-0.15, -0.1) is 0 Å². The van der Waals surface area contributed by atoms with Gasteiger partial charge >= 0.3 is 5.97 Å². The summed E-state index contributed by atoms with van der Waals surface area (Å²) < 4.78 is 23.7. The van der Waals surface area contributed by atoms with E-state index in [9.17, 15) is 13.2 Å². The SMILES string of the molecule is CCS(=O)(=O)[C@@H]1[C@H](C(=O)O)[C@@H]1c1cccc(Cl)c1. The minimum absolute atomic E-state index is 0.0431. The molecule has 1 aromatic carbocycles. The molecule has 0 aliphatic heterocycles. The smallest absolute Gasteiger partial charge is 0.308 e. The lowest BCUT2D eigenvalue weighted by atomic mass is 10.1. The monoisotopic (exact) mass is 288 g/mol. The Morgan fingerprint density at radius 1 is 1.44 bits per heavy atom. The molecule has 4 nitrogen and oxygen atoms in total. The van der Waals surface area contributed by atoms with Gasteiger partial charge in [-0.25, -0.2) is 8.42 Å². The van der Waals surface area contributed by atoms with Crippen LogP contribution in [0.1, 0.15) is 18.4 Å². The van der Waals surface area contributed by atoms with E-state index in [4.69, 9.17) is 16.7 Å². The van der Waals surface area contributed by atoms with Crippen LogP contribution in [-0.4, -0.2) is 30.5 Å². The maximum Gasteiger partial charge on any atom is 0.308 e. The molecule has 98 valence electrons. The summed E-state index contributed by atoms with van der Waals surface area (Å²) in [5, 5.41) is 8.75. The molecule has 1 aliphatic rings. The van der Waals surface area contributed by atoms with Crippen molar-refractivity contribution >= 4 is 27.4 Å². The summed E-state index contributed by atoms with van der Waals surface area (Å²) in [6.45, 7) is 1.53. The molecule has 0 saturated heterocycles. The number of benzene rings is 1. The fourth-order valence-corrected chi connectivity index (χ4v) is 4.33. The molecule has 0 heterocycles. The van der Waals surface area contributed by atoms with Crippen LogP contribution in [0.15, 0.2) is 24.3 Å². The van der Waals surface area contributed by atoms with Crippen LogP contribution in [0.2, 0.25) is 5.02 Å². The Balaban J connectivity index is 2.37. The van der Waals surface area contributed by atoms with Crippen molar-refractivity contribution in [3.8, 4) is 0 Å². The van der Waals surface area contributed by atoms with Crippen molar-refractivity contribution in [3.05, 3.63) is 34.9 Å². The minimum Gasteiger partial charge on any atom is -0.481 e. The number of halogens is 1. The van der Waals surface area contributed by atoms with E-state index in [2.05, 4.69) is 0 Å². The molecule has 1 saturated carbocycles. The molecule has 0 amide bonds. The van der Waals surface area contributed by atoms with Gasteiger partial charge in [0.1, 0.15) is 0 Å². The predicted molar refractivity (Wildman–Crippen MR) is 68.6 cm³/mol. The lowest BCUT2D eigenvalue weighted by molar-refractivity contribution is -0.138. The minimum atomic E-state index is -3.35. The van der Waals surface area contributed by atoms with E-state index >= 15 is 0 Å². The van der Waals surface area contributed by atoms with Crippen LogP contribution in [-0.2, 0) is 14.6 Å². The van der Waals surface area contributed by atoms with Crippen molar-refractivity contribution < 1.29 is 18.3 Å². The second kappa shape index (κ2) is 4.55. The van der Waals surface area contributed by atoms with Crippen molar-refractivity contribution in [2.24, 2.45) is 5.92 Å². The highest BCUT2D eigenvalue weighted by Crippen LogP contribution is 2.52. The Kier molecular flexibility index (Phi) is 3.38. The average molecular weight is 289 g/mol. The van der Waals surface area contributed by atoms with Gasteiger partial charge < -0.3 is 5.11 Å². The first kappa shape index (κ1) is 13.4. The summed E-state index contributed by atoms with van der Waals surface area (Å²) in [6.07, 6.45) is 0. The van der Waals surface area contributed by atoms with Crippen LogP contribution >= 0.6 is 11.6 Å². The number of hydrogen-bond acceptors (Lipinski definition) is 3. The lowest BCUT2D eigenvalue weighted by Crippen LogP contribution is -2.14. The fourth-order valence-electron chi connectivity index (χ4n) is 2.33. The molecule has 6 heteroatoms. The van der Waals surface area contributed by atoms with Crippen molar-refractivity contribution in [2.45, 2.75) is 18.1 Å². The van der Waals surface area contributed by atoms with Gasteiger partial charge in [-0.1, -0.05) is 30.7 Å². The first-order valence-electron chi connectivity index (χ1n) is 5.58. The Morgan fingerprint density at radius 3 is 2.61 bits per heavy atom. The highest BCUT2D eigenvalue weighted by Gasteiger charge is 2.62. The molecular weight excluding hydrogens is 276 g/mol. The van der Waals surface area contributed by atoms with Gasteiger partial charge in [0.25, 0.3) is 0 Å². The highest BCUT2D eigenvalue weighted by atomic mass is 35.5. The van der Waals surface area contributed by atoms with Gasteiger partial charge in [0.15, 0.2) is 9.84 Å². The standard InChI is InChI=1S/C12H13ClO4S/c1-2-18(16,17)11-9(10(11)12(14)15)7-4-3-5-8(13)6-7/h3-6,9-11H,2H2,1H3,(H,14,15)/t9-,10+,11-/m0/s1. The van der Waals surface area contributed by atoms with Crippen LogP contribution < -0.4 is 0 Å². The fraction of sp³-hybridized carbons (Fsp3) is 0.417. The molecule has 0 aromatic heterocycles. The molecule has 18 heavy (non-hydrogen) atoms. The lowest BCUT2D eigenvalue weighted by Gasteiger charge is -2.01. The number of carbonyl (C=O) groups is 1. The van der Waals surface area contributed by atoms with Crippen LogP contribution in [0, 0.1) is 5.92 Å². The largest absolute Gasteiger partial charge is 0.481 e. The van der Waals surface area contributed by atoms with Gasteiger partial charge in [0.05, 0.1) is 11.2 Å². The van der Waals surface area contributed by atoms with Gasteiger partial charge in [0, 0.05) is 16.7 Å². The molecule has 1 aromatic rings. The zero-order chi connectivity index (χ0) is 13.5. The molecule has 2 rings (SSSR count). The second-order valence-corrected chi connectivity index (χ2v) is 7.24. The molecule has 0 unspecified atom stereocenters. The van der Waals surface area contributed by atoms with Crippen molar-refractivity contribution in [1.29, 1.82) is 0 Å². The van der Waals surface area contributed by atoms with Gasteiger partial charge in [-0.2, -0.15) is 0 Å². The van der Waals surface area contributed by atoms with E-state index in [0.29, 0.717) is 10.6 Å². The predicted octanol–water partition coefficient (Wildman–Crippen LogP) is 1.94. The quantitative estimate of drug-likeness (QED) is 0.919. The maximum absolute atomic E-state index is 11.8. The Morgan fingerprint density at radius 2 is 2.11 bits per heavy atom. The molecule has 0 radical (unpaired) electrons. The molecule has 1 aliphatic carbocycles. The first-order valence-corrected chi connectivity index (χ1v) is 7.67. The van der Waals surface area contributed by atoms with Gasteiger partial charge in [-0.05, 0) is 17.7 Å². The third-order valence-electron chi connectivity index (χ3n) is 3.29. The first-order chi connectivity index (χ1) is 8.38. The number of hydrogen-bond donors (Lipinski definition) is 1. The van der Waals surface area contributed by atoms with Gasteiger partial charge in [0.2, 0.25) is 0 Å². The third-order valence-corrected chi connectivity index (χ3v) is 5.75. The summed E-state index contributed by atoms with van der Waals surface area (Å²) in [5.41, 5.74) is 0.678. The maximum atomic E-state index is 11.8. The van der Waals surface area contributed by atoms with E-state index in [1.54, 1.807) is 24.3 Å². The van der Waals surface area contributed by atoms with Crippen molar-refractivity contribution in [2.75, 3.05) is 5.75 Å². The zero-order valence-corrected chi connectivity index (χ0v) is 11.3. The highest BCUT2D eigenvalue weighted by molar-refractivity contribution is 7.92. The van der Waals surface area contributed by atoms with Crippen LogP contribution in [0.25, 0.3) is 0 Å². The molecule has 1 N–H and O–H groups in total. The van der Waals surface area contributed by atoms with Crippen molar-refractivity contribution in [3.63, 3.8) is 0 Å². The normalized spacial score (nSPS) is 26.9. The van der Waals surface area contributed by atoms with E-state index in [1.165, 1.54) is 6.92 Å². The van der Waals surface area contributed by atoms with E-state index in [0.717, 1.165) is 0 Å². The summed E-state index contributed by atoms with van der Waals surface area (Å²) in [7, 11) is -3.35. The number of sulfone groups is 1. The summed E-state index contributed by atoms with van der Waals surface area (Å²) in [6, 6.07) is 6.72. The number of rotatable bonds is 4. The van der Waals surface area contributed by atoms with Crippen molar-refractivity contribution in [1.82, 2.24) is 0 Å². The van der Waals surface area contributed by atoms with E-state index < -0.39 is 32.9 Å². The number of carboxylic acid groups (broad SMARTS) is 1. The Hall–Kier alpha value is -1.07. The average Bonchev–Trinajstić information content (AvgIpc) is 3.05. The molecule has 3 atom stereocenters. The van der Waals surface area contributed by atoms with Gasteiger partial charge in [-0.3, -0.25) is 4.79 Å². The summed E-state index contributed by atoms with van der Waals surface area (Å²) in [5.74, 6) is -2.44. The molecule has 0 spiro atoms. The van der Waals surface area contributed by atoms with E-state index in [1.807, 2.05) is 0 Å². The number of aliphatic carboxylic acids is 1. The Bertz CT molecular complexity index is 581. The molecule has 0 bridgehead atoms. The van der Waals surface area contributed by atoms with Crippen LogP contribution in [0.3, 0.4) is 0 Å².